The van der Waals surface area contributed by atoms with E-state index in [1.165, 1.54) is 18.2 Å². The number of hydrogen-bond acceptors (Lipinski definition) is 7. The van der Waals surface area contributed by atoms with E-state index in [0.29, 0.717) is 29.7 Å². The van der Waals surface area contributed by atoms with Gasteiger partial charge in [-0.2, -0.15) is 0 Å². The van der Waals surface area contributed by atoms with E-state index >= 15 is 0 Å². The average Bonchev–Trinajstić information content (AvgIpc) is 3.25. The molecule has 10 heteroatoms. The van der Waals surface area contributed by atoms with Gasteiger partial charge in [0.25, 0.3) is 11.5 Å². The Balaban J connectivity index is 1.42. The van der Waals surface area contributed by atoms with Crippen molar-refractivity contribution in [3.63, 3.8) is 0 Å². The fraction of sp³-hybridized carbons (Fsp3) is 0.444. The van der Waals surface area contributed by atoms with Crippen molar-refractivity contribution in [2.75, 3.05) is 18.1 Å². The fourth-order valence-corrected chi connectivity index (χ4v) is 5.28. The zero-order valence-electron chi connectivity index (χ0n) is 15.0. The minimum atomic E-state index is -3.10. The van der Waals surface area contributed by atoms with Crippen molar-refractivity contribution in [3.05, 3.63) is 39.9 Å². The maximum atomic E-state index is 12.4. The molecule has 1 aromatic heterocycles. The minimum Gasteiger partial charge on any atom is -0.452 e. The standard InChI is InChI=1S/C18H19N3O6S/c22-16(19-12-5-7-28(25,26)10-12)9-27-18(24)11-3-4-13-14(8-11)20-15-2-1-6-21(15)17(13)23/h3-4,8,12H,1-2,5-7,9-10H2,(H,19,22)/t12-/m0/s1. The van der Waals surface area contributed by atoms with Crippen LogP contribution in [-0.2, 0) is 32.3 Å². The summed E-state index contributed by atoms with van der Waals surface area (Å²) < 4.78 is 29.5. The van der Waals surface area contributed by atoms with Crippen molar-refractivity contribution in [3.8, 4) is 0 Å². The zero-order chi connectivity index (χ0) is 19.9. The highest BCUT2D eigenvalue weighted by Gasteiger charge is 2.29. The van der Waals surface area contributed by atoms with E-state index in [1.807, 2.05) is 0 Å². The van der Waals surface area contributed by atoms with E-state index in [4.69, 9.17) is 4.74 Å². The van der Waals surface area contributed by atoms with Gasteiger partial charge in [-0.1, -0.05) is 0 Å². The van der Waals surface area contributed by atoms with Crippen LogP contribution < -0.4 is 10.9 Å². The molecule has 1 atom stereocenters. The number of aryl methyl sites for hydroxylation is 1. The molecule has 0 aliphatic carbocycles. The molecule has 0 saturated carbocycles. The number of rotatable bonds is 4. The highest BCUT2D eigenvalue weighted by atomic mass is 32.2. The third-order valence-corrected chi connectivity index (χ3v) is 6.75. The van der Waals surface area contributed by atoms with Gasteiger partial charge in [-0.25, -0.2) is 18.2 Å². The molecule has 0 radical (unpaired) electrons. The molecule has 4 rings (SSSR count). The van der Waals surface area contributed by atoms with Crippen LogP contribution in [0.15, 0.2) is 23.0 Å². The van der Waals surface area contributed by atoms with E-state index in [0.717, 1.165) is 12.8 Å². The number of ether oxygens (including phenoxy) is 1. The van der Waals surface area contributed by atoms with Gasteiger partial charge in [0.2, 0.25) is 0 Å². The summed E-state index contributed by atoms with van der Waals surface area (Å²) in [5.74, 6) is -0.605. The van der Waals surface area contributed by atoms with Crippen molar-refractivity contribution in [2.24, 2.45) is 0 Å². The maximum absolute atomic E-state index is 12.4. The lowest BCUT2D eigenvalue weighted by atomic mass is 10.1. The first-order chi connectivity index (χ1) is 13.3. The number of carbonyl (C=O) groups is 2. The lowest BCUT2D eigenvalue weighted by molar-refractivity contribution is -0.124. The molecular formula is C18H19N3O6S. The monoisotopic (exact) mass is 405 g/mol. The van der Waals surface area contributed by atoms with E-state index < -0.39 is 34.4 Å². The number of carbonyl (C=O) groups excluding carboxylic acids is 2. The molecule has 28 heavy (non-hydrogen) atoms. The molecule has 3 heterocycles. The SMILES string of the molecule is O=C(COC(=O)c1ccc2c(=O)n3c(nc2c1)CCC3)N[C@H]1CCS(=O)(=O)C1. The topological polar surface area (TPSA) is 124 Å². The quantitative estimate of drug-likeness (QED) is 0.699. The fourth-order valence-electron chi connectivity index (χ4n) is 3.60. The lowest BCUT2D eigenvalue weighted by Gasteiger charge is -2.11. The Kier molecular flexibility index (Phi) is 4.66. The summed E-state index contributed by atoms with van der Waals surface area (Å²) >= 11 is 0. The summed E-state index contributed by atoms with van der Waals surface area (Å²) in [4.78, 5) is 41.0. The second-order valence-corrected chi connectivity index (χ2v) is 9.29. The van der Waals surface area contributed by atoms with Gasteiger partial charge in [0, 0.05) is 19.0 Å². The second kappa shape index (κ2) is 7.01. The molecule has 1 saturated heterocycles. The van der Waals surface area contributed by atoms with Crippen LogP contribution in [-0.4, -0.2) is 54.0 Å². The van der Waals surface area contributed by atoms with Crippen LogP contribution in [0.1, 0.15) is 29.0 Å². The number of sulfone groups is 1. The first kappa shape index (κ1) is 18.6. The molecule has 2 aromatic rings. The molecule has 9 nitrogen and oxygen atoms in total. The smallest absolute Gasteiger partial charge is 0.338 e. The molecule has 2 aliphatic rings. The molecule has 0 unspecified atom stereocenters. The van der Waals surface area contributed by atoms with E-state index in [2.05, 4.69) is 10.3 Å². The molecular weight excluding hydrogens is 386 g/mol. The number of amides is 1. The number of esters is 1. The van der Waals surface area contributed by atoms with Crippen LogP contribution >= 0.6 is 0 Å². The van der Waals surface area contributed by atoms with Crippen LogP contribution in [0.25, 0.3) is 10.9 Å². The highest BCUT2D eigenvalue weighted by Crippen LogP contribution is 2.17. The van der Waals surface area contributed by atoms with Crippen LogP contribution in [0, 0.1) is 0 Å². The van der Waals surface area contributed by atoms with Crippen molar-refractivity contribution >= 4 is 32.6 Å². The summed E-state index contributed by atoms with van der Waals surface area (Å²) in [6, 6.07) is 4.05. The van der Waals surface area contributed by atoms with Gasteiger partial charge in [0.1, 0.15) is 5.82 Å². The second-order valence-electron chi connectivity index (χ2n) is 7.06. The molecule has 1 N–H and O–H groups in total. The Hall–Kier alpha value is -2.75. The largest absolute Gasteiger partial charge is 0.452 e. The predicted molar refractivity (Wildman–Crippen MR) is 99.8 cm³/mol. The first-order valence-electron chi connectivity index (χ1n) is 9.03. The van der Waals surface area contributed by atoms with E-state index in [9.17, 15) is 22.8 Å². The number of fused-ring (bicyclic) bond motifs is 2. The molecule has 1 aromatic carbocycles. The van der Waals surface area contributed by atoms with Crippen molar-refractivity contribution in [2.45, 2.75) is 31.8 Å². The Morgan fingerprint density at radius 3 is 2.89 bits per heavy atom. The Morgan fingerprint density at radius 1 is 1.32 bits per heavy atom. The molecule has 1 fully saturated rings. The Bertz CT molecular complexity index is 1140. The van der Waals surface area contributed by atoms with Crippen molar-refractivity contribution < 1.29 is 22.7 Å². The van der Waals surface area contributed by atoms with E-state index in [1.54, 1.807) is 4.57 Å². The van der Waals surface area contributed by atoms with Crippen molar-refractivity contribution in [1.82, 2.24) is 14.9 Å². The zero-order valence-corrected chi connectivity index (χ0v) is 15.8. The Morgan fingerprint density at radius 2 is 2.14 bits per heavy atom. The molecule has 1 amide bonds. The first-order valence-corrected chi connectivity index (χ1v) is 10.8. The van der Waals surface area contributed by atoms with E-state index in [-0.39, 0.29) is 22.6 Å². The summed E-state index contributed by atoms with van der Waals surface area (Å²) in [6.07, 6.45) is 1.94. The lowest BCUT2D eigenvalue weighted by Crippen LogP contribution is -2.38. The van der Waals surface area contributed by atoms with Gasteiger partial charge in [-0.05, 0) is 31.0 Å². The number of nitrogens with zero attached hydrogens (tertiary/aromatic N) is 2. The maximum Gasteiger partial charge on any atom is 0.338 e. The highest BCUT2D eigenvalue weighted by molar-refractivity contribution is 7.91. The van der Waals surface area contributed by atoms with Gasteiger partial charge in [-0.15, -0.1) is 0 Å². The van der Waals surface area contributed by atoms with Gasteiger partial charge >= 0.3 is 5.97 Å². The third-order valence-electron chi connectivity index (χ3n) is 4.98. The summed E-state index contributed by atoms with van der Waals surface area (Å²) in [5, 5.41) is 2.99. The number of nitrogens with one attached hydrogen (secondary N) is 1. The third kappa shape index (κ3) is 3.64. The van der Waals surface area contributed by atoms with Gasteiger partial charge in [0.05, 0.1) is 28.0 Å². The Labute approximate surface area is 160 Å². The van der Waals surface area contributed by atoms with Gasteiger partial charge in [0.15, 0.2) is 16.4 Å². The van der Waals surface area contributed by atoms with Crippen molar-refractivity contribution in [1.29, 1.82) is 0 Å². The van der Waals surface area contributed by atoms with Gasteiger partial charge < -0.3 is 10.1 Å². The van der Waals surface area contributed by atoms with Crippen LogP contribution in [0.4, 0.5) is 0 Å². The molecule has 148 valence electrons. The summed E-state index contributed by atoms with van der Waals surface area (Å²) in [6.45, 7) is 0.145. The minimum absolute atomic E-state index is 0.0471. The number of aromatic nitrogens is 2. The molecule has 2 aliphatic heterocycles. The number of benzene rings is 1. The average molecular weight is 405 g/mol. The summed E-state index contributed by atoms with van der Waals surface area (Å²) in [7, 11) is -3.10. The van der Waals surface area contributed by atoms with Crippen LogP contribution in [0.3, 0.4) is 0 Å². The normalized spacial score (nSPS) is 20.1. The molecule has 0 bridgehead atoms. The van der Waals surface area contributed by atoms with Crippen LogP contribution in [0.2, 0.25) is 0 Å². The predicted octanol–water partition coefficient (Wildman–Crippen LogP) is -0.197. The number of hydrogen-bond donors (Lipinski definition) is 1. The van der Waals surface area contributed by atoms with Gasteiger partial charge in [-0.3, -0.25) is 14.2 Å². The summed E-state index contributed by atoms with van der Waals surface area (Å²) in [5.41, 5.74) is 0.495. The molecule has 0 spiro atoms. The van der Waals surface area contributed by atoms with Crippen LogP contribution in [0.5, 0.6) is 0 Å².